The average Bonchev–Trinajstić information content (AvgIpc) is 2.30. The van der Waals surface area contributed by atoms with Gasteiger partial charge in [0.15, 0.2) is 0 Å². The maximum absolute atomic E-state index is 9.69. The summed E-state index contributed by atoms with van der Waals surface area (Å²) < 4.78 is 0. The maximum atomic E-state index is 9.69. The number of rotatable bonds is 3. The van der Waals surface area contributed by atoms with Gasteiger partial charge in [-0.25, -0.2) is 0 Å². The molecule has 2 aromatic rings. The van der Waals surface area contributed by atoms with Crippen LogP contribution in [-0.2, 0) is 6.42 Å². The fraction of sp³-hybridized carbons (Fsp3) is 0.250. The quantitative estimate of drug-likeness (QED) is 0.826. The van der Waals surface area contributed by atoms with Crippen molar-refractivity contribution in [3.8, 4) is 16.9 Å². The Hall–Kier alpha value is -1.76. The Morgan fingerprint density at radius 2 is 1.76 bits per heavy atom. The second-order valence-electron chi connectivity index (χ2n) is 4.41. The molecule has 0 spiro atoms. The molecule has 17 heavy (non-hydrogen) atoms. The molecule has 0 bridgehead atoms. The van der Waals surface area contributed by atoms with Gasteiger partial charge in [-0.2, -0.15) is 0 Å². The van der Waals surface area contributed by atoms with Crippen LogP contribution in [0.25, 0.3) is 11.1 Å². The van der Waals surface area contributed by atoms with Crippen LogP contribution in [-0.4, -0.2) is 5.11 Å². The minimum Gasteiger partial charge on any atom is -0.508 e. The van der Waals surface area contributed by atoms with Crippen LogP contribution in [0.4, 0.5) is 0 Å². The van der Waals surface area contributed by atoms with Crippen molar-refractivity contribution in [2.75, 3.05) is 0 Å². The largest absolute Gasteiger partial charge is 0.508 e. The number of hydrogen-bond donors (Lipinski definition) is 1. The molecule has 1 heteroatoms. The van der Waals surface area contributed by atoms with Gasteiger partial charge in [-0.05, 0) is 47.7 Å². The normalized spacial score (nSPS) is 10.5. The second kappa shape index (κ2) is 5.05. The van der Waals surface area contributed by atoms with Gasteiger partial charge in [-0.3, -0.25) is 0 Å². The van der Waals surface area contributed by atoms with Gasteiger partial charge in [0.2, 0.25) is 0 Å². The fourth-order valence-corrected chi connectivity index (χ4v) is 2.32. The van der Waals surface area contributed by atoms with Crippen molar-refractivity contribution >= 4 is 0 Å². The third kappa shape index (κ3) is 2.50. The molecule has 0 heterocycles. The number of phenolic OH excluding ortho intramolecular Hbond substituents is 1. The first-order valence-electron chi connectivity index (χ1n) is 6.10. The first-order valence-corrected chi connectivity index (χ1v) is 6.10. The number of phenols is 1. The highest BCUT2D eigenvalue weighted by molar-refractivity contribution is 5.72. The molecule has 0 aromatic heterocycles. The van der Waals surface area contributed by atoms with E-state index in [1.54, 1.807) is 0 Å². The Morgan fingerprint density at radius 3 is 2.41 bits per heavy atom. The summed E-state index contributed by atoms with van der Waals surface area (Å²) in [7, 11) is 0. The first-order chi connectivity index (χ1) is 8.22. The van der Waals surface area contributed by atoms with Crippen molar-refractivity contribution < 1.29 is 5.11 Å². The Labute approximate surface area is 103 Å². The molecule has 2 rings (SSSR count). The van der Waals surface area contributed by atoms with E-state index in [0.29, 0.717) is 5.75 Å². The molecule has 2 aromatic carbocycles. The summed E-state index contributed by atoms with van der Waals surface area (Å²) in [5.41, 5.74) is 4.87. The Morgan fingerprint density at radius 1 is 1.06 bits per heavy atom. The van der Waals surface area contributed by atoms with E-state index < -0.39 is 0 Å². The highest BCUT2D eigenvalue weighted by Crippen LogP contribution is 2.31. The molecule has 0 radical (unpaired) electrons. The van der Waals surface area contributed by atoms with Gasteiger partial charge in [-0.15, -0.1) is 0 Å². The minimum atomic E-state index is 0.366. The third-order valence-electron chi connectivity index (χ3n) is 2.98. The van der Waals surface area contributed by atoms with Crippen molar-refractivity contribution in [2.24, 2.45) is 0 Å². The standard InChI is InChI=1S/C16H18O/c1-3-7-14-11-15(17)10-12(2)16(14)13-8-5-4-6-9-13/h4-6,8-11,17H,3,7H2,1-2H3. The van der Waals surface area contributed by atoms with Crippen LogP contribution in [0.15, 0.2) is 42.5 Å². The molecular weight excluding hydrogens is 208 g/mol. The summed E-state index contributed by atoms with van der Waals surface area (Å²) in [6.07, 6.45) is 2.09. The van der Waals surface area contributed by atoms with Crippen molar-refractivity contribution in [1.29, 1.82) is 0 Å². The zero-order chi connectivity index (χ0) is 12.3. The SMILES string of the molecule is CCCc1cc(O)cc(C)c1-c1ccccc1. The summed E-state index contributed by atoms with van der Waals surface area (Å²) in [5, 5.41) is 9.69. The van der Waals surface area contributed by atoms with E-state index in [4.69, 9.17) is 0 Å². The lowest BCUT2D eigenvalue weighted by Gasteiger charge is -2.13. The average molecular weight is 226 g/mol. The third-order valence-corrected chi connectivity index (χ3v) is 2.98. The molecule has 0 unspecified atom stereocenters. The van der Waals surface area contributed by atoms with Gasteiger partial charge in [0.05, 0.1) is 0 Å². The molecule has 0 amide bonds. The lowest BCUT2D eigenvalue weighted by molar-refractivity contribution is 0.474. The zero-order valence-electron chi connectivity index (χ0n) is 10.4. The predicted octanol–water partition coefficient (Wildman–Crippen LogP) is 4.32. The van der Waals surface area contributed by atoms with E-state index in [-0.39, 0.29) is 0 Å². The van der Waals surface area contributed by atoms with Crippen LogP contribution >= 0.6 is 0 Å². The van der Waals surface area contributed by atoms with E-state index >= 15 is 0 Å². The minimum absolute atomic E-state index is 0.366. The fourth-order valence-electron chi connectivity index (χ4n) is 2.32. The van der Waals surface area contributed by atoms with Gasteiger partial charge >= 0.3 is 0 Å². The predicted molar refractivity (Wildman–Crippen MR) is 72.3 cm³/mol. The lowest BCUT2D eigenvalue weighted by Crippen LogP contribution is -1.93. The number of aromatic hydroxyl groups is 1. The van der Waals surface area contributed by atoms with Gasteiger partial charge in [0.25, 0.3) is 0 Å². The van der Waals surface area contributed by atoms with E-state index in [9.17, 15) is 5.11 Å². The van der Waals surface area contributed by atoms with Crippen LogP contribution in [0.3, 0.4) is 0 Å². The smallest absolute Gasteiger partial charge is 0.116 e. The van der Waals surface area contributed by atoms with E-state index in [1.807, 2.05) is 18.2 Å². The van der Waals surface area contributed by atoms with Crippen molar-refractivity contribution in [3.05, 3.63) is 53.6 Å². The van der Waals surface area contributed by atoms with Gasteiger partial charge < -0.3 is 5.11 Å². The van der Waals surface area contributed by atoms with Gasteiger partial charge in [0, 0.05) is 0 Å². The van der Waals surface area contributed by atoms with Crippen LogP contribution < -0.4 is 0 Å². The van der Waals surface area contributed by atoms with Gasteiger partial charge in [0.1, 0.15) is 5.75 Å². The summed E-state index contributed by atoms with van der Waals surface area (Å²) in [6, 6.07) is 14.1. The van der Waals surface area contributed by atoms with Crippen LogP contribution in [0.5, 0.6) is 5.75 Å². The molecule has 88 valence electrons. The molecule has 0 aliphatic heterocycles. The van der Waals surface area contributed by atoms with Crippen LogP contribution in [0.1, 0.15) is 24.5 Å². The Bertz CT molecular complexity index is 500. The second-order valence-corrected chi connectivity index (χ2v) is 4.41. The molecule has 0 atom stereocenters. The van der Waals surface area contributed by atoms with Crippen molar-refractivity contribution in [2.45, 2.75) is 26.7 Å². The highest BCUT2D eigenvalue weighted by atomic mass is 16.3. The molecular formula is C16H18O. The molecule has 0 saturated heterocycles. The van der Waals surface area contributed by atoms with Crippen molar-refractivity contribution in [3.63, 3.8) is 0 Å². The van der Waals surface area contributed by atoms with Crippen LogP contribution in [0, 0.1) is 6.92 Å². The molecule has 0 saturated carbocycles. The van der Waals surface area contributed by atoms with E-state index in [0.717, 1.165) is 18.4 Å². The monoisotopic (exact) mass is 226 g/mol. The van der Waals surface area contributed by atoms with E-state index in [1.165, 1.54) is 16.7 Å². The molecule has 0 aliphatic carbocycles. The van der Waals surface area contributed by atoms with E-state index in [2.05, 4.69) is 38.1 Å². The molecule has 1 N–H and O–H groups in total. The first kappa shape index (κ1) is 11.7. The van der Waals surface area contributed by atoms with Crippen LogP contribution in [0.2, 0.25) is 0 Å². The molecule has 0 fully saturated rings. The summed E-state index contributed by atoms with van der Waals surface area (Å²) in [5.74, 6) is 0.366. The Kier molecular flexibility index (Phi) is 3.48. The van der Waals surface area contributed by atoms with Crippen molar-refractivity contribution in [1.82, 2.24) is 0 Å². The summed E-state index contributed by atoms with van der Waals surface area (Å²) >= 11 is 0. The number of aryl methyl sites for hydroxylation is 2. The van der Waals surface area contributed by atoms with Gasteiger partial charge in [-0.1, -0.05) is 43.7 Å². The molecule has 1 nitrogen and oxygen atoms in total. The Balaban J connectivity index is 2.59. The number of benzene rings is 2. The topological polar surface area (TPSA) is 20.2 Å². The summed E-state index contributed by atoms with van der Waals surface area (Å²) in [6.45, 7) is 4.22. The zero-order valence-corrected chi connectivity index (χ0v) is 10.4. The highest BCUT2D eigenvalue weighted by Gasteiger charge is 2.09. The number of hydrogen-bond acceptors (Lipinski definition) is 1. The molecule has 0 aliphatic rings. The lowest BCUT2D eigenvalue weighted by atomic mass is 9.92. The maximum Gasteiger partial charge on any atom is 0.116 e. The summed E-state index contributed by atoms with van der Waals surface area (Å²) in [4.78, 5) is 0.